The number of esters is 2. The lowest BCUT2D eigenvalue weighted by Gasteiger charge is -2.47. The first-order valence-electron chi connectivity index (χ1n) is 11.4. The number of nitro groups is 1. The summed E-state index contributed by atoms with van der Waals surface area (Å²) in [6.45, 7) is 3.59. The van der Waals surface area contributed by atoms with E-state index in [0.29, 0.717) is 33.2 Å². The van der Waals surface area contributed by atoms with Gasteiger partial charge in [-0.2, -0.15) is 0 Å². The van der Waals surface area contributed by atoms with E-state index in [1.165, 1.54) is 37.7 Å². The van der Waals surface area contributed by atoms with Crippen molar-refractivity contribution in [2.45, 2.75) is 31.3 Å². The number of hydrogen-bond donors (Lipinski definition) is 2. The Labute approximate surface area is 217 Å². The Balaban J connectivity index is 1.86. The number of ether oxygens (including phenoxy) is 2. The van der Waals surface area contributed by atoms with Gasteiger partial charge in [0.1, 0.15) is 0 Å². The number of carbonyl (C=O) groups is 2. The molecule has 0 saturated carbocycles. The lowest BCUT2D eigenvalue weighted by atomic mass is 9.68. The molecule has 11 heteroatoms. The molecule has 0 spiro atoms. The Hall–Kier alpha value is -4.25. The lowest BCUT2D eigenvalue weighted by Crippen LogP contribution is -2.66. The first kappa shape index (κ1) is 25.8. The van der Waals surface area contributed by atoms with Crippen LogP contribution >= 0.6 is 11.3 Å². The molecule has 3 unspecified atom stereocenters. The van der Waals surface area contributed by atoms with Gasteiger partial charge in [0.15, 0.2) is 10.7 Å². The fraction of sp³-hybridized carbons (Fsp3) is 0.269. The summed E-state index contributed by atoms with van der Waals surface area (Å²) in [5.74, 6) is -1.95. The molecule has 37 heavy (non-hydrogen) atoms. The number of hydrogen-bond acceptors (Lipinski definition) is 10. The molecule has 2 heterocycles. The first-order chi connectivity index (χ1) is 17.7. The highest BCUT2D eigenvalue weighted by Crippen LogP contribution is 2.45. The number of thiazole rings is 1. The molecular weight excluding hydrogens is 496 g/mol. The molecule has 0 amide bonds. The van der Waals surface area contributed by atoms with Gasteiger partial charge < -0.3 is 20.1 Å². The molecule has 0 saturated heterocycles. The van der Waals surface area contributed by atoms with Crippen LogP contribution in [0, 0.1) is 10.1 Å². The van der Waals surface area contributed by atoms with Gasteiger partial charge in [0.25, 0.3) is 5.69 Å². The minimum atomic E-state index is -1.49. The predicted molar refractivity (Wildman–Crippen MR) is 139 cm³/mol. The molecule has 3 aromatic rings. The molecule has 192 valence electrons. The lowest BCUT2D eigenvalue weighted by molar-refractivity contribution is -0.384. The van der Waals surface area contributed by atoms with Crippen LogP contribution in [0.3, 0.4) is 0 Å². The van der Waals surface area contributed by atoms with E-state index in [1.54, 1.807) is 24.4 Å². The maximum absolute atomic E-state index is 13.6. The average molecular weight is 523 g/mol. The van der Waals surface area contributed by atoms with Crippen LogP contribution in [0.5, 0.6) is 0 Å². The summed E-state index contributed by atoms with van der Waals surface area (Å²) in [4.78, 5) is 42.1. The van der Waals surface area contributed by atoms with Gasteiger partial charge in [0.2, 0.25) is 0 Å². The number of methoxy groups -OCH3 is 2. The molecule has 1 aromatic heterocycles. The summed E-state index contributed by atoms with van der Waals surface area (Å²) in [6, 6.07) is 14.8. The monoisotopic (exact) mass is 522 g/mol. The highest BCUT2D eigenvalue weighted by molar-refractivity contribution is 7.14. The van der Waals surface area contributed by atoms with E-state index >= 15 is 0 Å². The van der Waals surface area contributed by atoms with Crippen molar-refractivity contribution < 1.29 is 24.0 Å². The molecule has 1 aliphatic heterocycles. The molecule has 2 aromatic carbocycles. The molecule has 0 aliphatic carbocycles. The topological polar surface area (TPSA) is 133 Å². The van der Waals surface area contributed by atoms with Gasteiger partial charge in [-0.25, -0.2) is 14.6 Å². The fourth-order valence-electron chi connectivity index (χ4n) is 4.78. The summed E-state index contributed by atoms with van der Waals surface area (Å²) in [6.07, 6.45) is 0. The van der Waals surface area contributed by atoms with E-state index in [-0.39, 0.29) is 5.69 Å². The Kier molecular flexibility index (Phi) is 7.25. The van der Waals surface area contributed by atoms with Crippen molar-refractivity contribution in [2.75, 3.05) is 19.5 Å². The number of rotatable bonds is 7. The molecule has 0 fully saturated rings. The SMILES string of the molecule is COC(=O)C1=C(C)NC(C)C(Nc2nc(-c3cccc([N+](=O)[O-])c3)cs2)(C(=O)OC)C1c1ccccc1. The van der Waals surface area contributed by atoms with Crippen LogP contribution in [0.25, 0.3) is 11.3 Å². The third-order valence-corrected chi connectivity index (χ3v) is 7.25. The second-order valence-corrected chi connectivity index (χ2v) is 9.43. The maximum Gasteiger partial charge on any atom is 0.336 e. The van der Waals surface area contributed by atoms with Crippen LogP contribution in [0.2, 0.25) is 0 Å². The average Bonchev–Trinajstić information content (AvgIpc) is 3.38. The number of aromatic nitrogens is 1. The Morgan fingerprint density at radius 1 is 1.14 bits per heavy atom. The molecular formula is C26H26N4O6S. The number of anilines is 1. The van der Waals surface area contributed by atoms with Gasteiger partial charge in [0.05, 0.1) is 42.4 Å². The number of non-ortho nitro benzene ring substituents is 1. The van der Waals surface area contributed by atoms with Gasteiger partial charge in [-0.05, 0) is 19.4 Å². The van der Waals surface area contributed by atoms with Crippen molar-refractivity contribution in [3.63, 3.8) is 0 Å². The van der Waals surface area contributed by atoms with E-state index in [4.69, 9.17) is 9.47 Å². The Morgan fingerprint density at radius 2 is 1.86 bits per heavy atom. The van der Waals surface area contributed by atoms with E-state index < -0.39 is 34.4 Å². The van der Waals surface area contributed by atoms with Crippen LogP contribution < -0.4 is 10.6 Å². The smallest absolute Gasteiger partial charge is 0.336 e. The Bertz CT molecular complexity index is 1370. The molecule has 1 aliphatic rings. The van der Waals surface area contributed by atoms with Gasteiger partial charge in [-0.15, -0.1) is 11.3 Å². The van der Waals surface area contributed by atoms with Crippen molar-refractivity contribution in [3.05, 3.63) is 86.9 Å². The van der Waals surface area contributed by atoms with E-state index in [2.05, 4.69) is 15.6 Å². The van der Waals surface area contributed by atoms with Gasteiger partial charge >= 0.3 is 11.9 Å². The summed E-state index contributed by atoms with van der Waals surface area (Å²) in [5, 5.41) is 19.9. The van der Waals surface area contributed by atoms with Crippen LogP contribution in [0.15, 0.2) is 71.2 Å². The molecule has 2 N–H and O–H groups in total. The third-order valence-electron chi connectivity index (χ3n) is 6.50. The van der Waals surface area contributed by atoms with E-state index in [9.17, 15) is 19.7 Å². The third kappa shape index (κ3) is 4.65. The van der Waals surface area contributed by atoms with Crippen LogP contribution in [0.4, 0.5) is 10.8 Å². The number of nitro benzene ring substituents is 1. The van der Waals surface area contributed by atoms with E-state index in [0.717, 1.165) is 0 Å². The summed E-state index contributed by atoms with van der Waals surface area (Å²) < 4.78 is 10.4. The second-order valence-electron chi connectivity index (χ2n) is 8.57. The normalized spacial score (nSPS) is 21.1. The Morgan fingerprint density at radius 3 is 2.51 bits per heavy atom. The van der Waals surface area contributed by atoms with Crippen LogP contribution in [-0.2, 0) is 19.1 Å². The van der Waals surface area contributed by atoms with Gasteiger partial charge in [0, 0.05) is 28.8 Å². The molecule has 4 rings (SSSR count). The van der Waals surface area contributed by atoms with Crippen LogP contribution in [-0.4, -0.2) is 47.6 Å². The first-order valence-corrected chi connectivity index (χ1v) is 12.3. The molecule has 0 radical (unpaired) electrons. The standard InChI is InChI=1S/C26H26N4O6S/c1-15-21(23(31)35-3)22(17-9-6-5-7-10-17)26(16(2)27-15,24(32)36-4)29-25-28-20(14-37-25)18-11-8-12-19(13-18)30(33)34/h5-14,16,22,27H,1-4H3,(H,28,29). The fourth-order valence-corrected chi connectivity index (χ4v) is 5.57. The quantitative estimate of drug-likeness (QED) is 0.265. The number of nitrogens with one attached hydrogen (secondary N) is 2. The minimum Gasteiger partial charge on any atom is -0.467 e. The molecule has 3 atom stereocenters. The number of nitrogens with zero attached hydrogens (tertiary/aromatic N) is 2. The zero-order valence-electron chi connectivity index (χ0n) is 20.7. The maximum atomic E-state index is 13.6. The van der Waals surface area contributed by atoms with Gasteiger partial charge in [-0.3, -0.25) is 10.1 Å². The number of allylic oxidation sites excluding steroid dienone is 1. The largest absolute Gasteiger partial charge is 0.467 e. The van der Waals surface area contributed by atoms with Gasteiger partial charge in [-0.1, -0.05) is 42.5 Å². The van der Waals surface area contributed by atoms with Crippen molar-refractivity contribution >= 4 is 34.1 Å². The second kappa shape index (κ2) is 10.4. The van der Waals surface area contributed by atoms with Crippen molar-refractivity contribution in [2.24, 2.45) is 0 Å². The zero-order chi connectivity index (χ0) is 26.7. The van der Waals surface area contributed by atoms with E-state index in [1.807, 2.05) is 37.3 Å². The van der Waals surface area contributed by atoms with Crippen molar-refractivity contribution in [1.82, 2.24) is 10.3 Å². The molecule has 10 nitrogen and oxygen atoms in total. The predicted octanol–water partition coefficient (Wildman–Crippen LogP) is 4.26. The number of benzene rings is 2. The van der Waals surface area contributed by atoms with Crippen LogP contribution in [0.1, 0.15) is 25.3 Å². The highest BCUT2D eigenvalue weighted by atomic mass is 32.1. The summed E-state index contributed by atoms with van der Waals surface area (Å²) in [7, 11) is 2.59. The summed E-state index contributed by atoms with van der Waals surface area (Å²) >= 11 is 1.23. The highest BCUT2D eigenvalue weighted by Gasteiger charge is 2.58. The summed E-state index contributed by atoms with van der Waals surface area (Å²) in [5.41, 5.74) is 1.12. The van der Waals surface area contributed by atoms with Crippen molar-refractivity contribution in [1.29, 1.82) is 0 Å². The zero-order valence-corrected chi connectivity index (χ0v) is 21.5. The number of carbonyl (C=O) groups excluding carboxylic acids is 2. The molecule has 0 bridgehead atoms. The van der Waals surface area contributed by atoms with Crippen molar-refractivity contribution in [3.8, 4) is 11.3 Å². The minimum absolute atomic E-state index is 0.0522.